The van der Waals surface area contributed by atoms with Crippen LogP contribution in [0.1, 0.15) is 30.5 Å². The predicted octanol–water partition coefficient (Wildman–Crippen LogP) is 3.26. The number of aliphatic imine (C=N–C) groups is 1. The molecule has 2 aromatic rings. The highest BCUT2D eigenvalue weighted by Crippen LogP contribution is 2.47. The van der Waals surface area contributed by atoms with Crippen molar-refractivity contribution in [1.82, 2.24) is 9.88 Å². The van der Waals surface area contributed by atoms with Gasteiger partial charge < -0.3 is 9.32 Å². The number of rotatable bonds is 2. The van der Waals surface area contributed by atoms with Crippen molar-refractivity contribution in [3.8, 4) is 0 Å². The van der Waals surface area contributed by atoms with Crippen molar-refractivity contribution in [2.75, 3.05) is 6.54 Å². The van der Waals surface area contributed by atoms with Crippen LogP contribution in [0.5, 0.6) is 0 Å². The van der Waals surface area contributed by atoms with Gasteiger partial charge in [-0.3, -0.25) is 4.98 Å². The molecule has 2 aliphatic rings. The van der Waals surface area contributed by atoms with Crippen molar-refractivity contribution < 1.29 is 4.42 Å². The number of thioether (sulfide) groups is 1. The van der Waals surface area contributed by atoms with Crippen LogP contribution in [-0.2, 0) is 0 Å². The van der Waals surface area contributed by atoms with Gasteiger partial charge in [0.2, 0.25) is 0 Å². The van der Waals surface area contributed by atoms with E-state index in [0.717, 1.165) is 23.2 Å². The molecule has 5 heteroatoms. The van der Waals surface area contributed by atoms with E-state index in [1.165, 1.54) is 0 Å². The van der Waals surface area contributed by atoms with E-state index in [0.29, 0.717) is 5.25 Å². The van der Waals surface area contributed by atoms with Crippen LogP contribution in [0.15, 0.2) is 52.2 Å². The second-order valence-electron chi connectivity index (χ2n) is 5.15. The van der Waals surface area contributed by atoms with Crippen LogP contribution in [0.2, 0.25) is 0 Å². The fraction of sp³-hybridized carbons (Fsp3) is 0.333. The third kappa shape index (κ3) is 1.85. The number of hydrogen-bond acceptors (Lipinski definition) is 5. The fourth-order valence-corrected chi connectivity index (χ4v) is 3.98. The minimum absolute atomic E-state index is 0.0253. The Hall–Kier alpha value is -1.75. The van der Waals surface area contributed by atoms with Crippen molar-refractivity contribution in [1.29, 1.82) is 0 Å². The third-order valence-corrected chi connectivity index (χ3v) is 4.82. The highest BCUT2D eigenvalue weighted by Gasteiger charge is 2.44. The number of hydrogen-bond donors (Lipinski definition) is 0. The molecule has 3 unspecified atom stereocenters. The summed E-state index contributed by atoms with van der Waals surface area (Å²) < 4.78 is 5.66. The number of fused-ring (bicyclic) bond motifs is 1. The molecule has 4 heterocycles. The highest BCUT2D eigenvalue weighted by molar-refractivity contribution is 8.14. The number of aromatic nitrogens is 1. The summed E-state index contributed by atoms with van der Waals surface area (Å²) in [5.74, 6) is 0.967. The van der Waals surface area contributed by atoms with Crippen LogP contribution in [0, 0.1) is 0 Å². The Morgan fingerprint density at radius 1 is 1.30 bits per heavy atom. The second-order valence-corrected chi connectivity index (χ2v) is 6.56. The minimum Gasteiger partial charge on any atom is -0.467 e. The van der Waals surface area contributed by atoms with Crippen molar-refractivity contribution in [2.24, 2.45) is 4.99 Å². The topological polar surface area (TPSA) is 41.6 Å². The van der Waals surface area contributed by atoms with Crippen LogP contribution < -0.4 is 0 Å². The van der Waals surface area contributed by atoms with Crippen LogP contribution in [0.4, 0.5) is 0 Å². The zero-order valence-electron chi connectivity index (χ0n) is 11.1. The summed E-state index contributed by atoms with van der Waals surface area (Å²) in [6, 6.07) is 10.1. The van der Waals surface area contributed by atoms with Gasteiger partial charge in [0.05, 0.1) is 12.0 Å². The smallest absolute Gasteiger partial charge is 0.161 e. The average Bonchev–Trinajstić information content (AvgIpc) is 3.14. The lowest BCUT2D eigenvalue weighted by Crippen LogP contribution is -2.28. The normalized spacial score (nSPS) is 28.6. The predicted molar refractivity (Wildman–Crippen MR) is 79.6 cm³/mol. The van der Waals surface area contributed by atoms with E-state index in [-0.39, 0.29) is 12.1 Å². The summed E-state index contributed by atoms with van der Waals surface area (Å²) in [5, 5.41) is 1.70. The maximum Gasteiger partial charge on any atom is 0.161 e. The van der Waals surface area contributed by atoms with Gasteiger partial charge in [-0.1, -0.05) is 24.8 Å². The molecule has 0 N–H and O–H groups in total. The molecular weight excluding hydrogens is 270 g/mol. The van der Waals surface area contributed by atoms with E-state index in [4.69, 9.17) is 9.41 Å². The van der Waals surface area contributed by atoms with Crippen LogP contribution in [-0.4, -0.2) is 26.8 Å². The lowest BCUT2D eigenvalue weighted by Gasteiger charge is -2.24. The lowest BCUT2D eigenvalue weighted by atomic mass is 10.0. The third-order valence-electron chi connectivity index (χ3n) is 3.72. The monoisotopic (exact) mass is 285 g/mol. The number of nitrogens with zero attached hydrogens (tertiary/aromatic N) is 3. The molecule has 0 saturated carbocycles. The summed E-state index contributed by atoms with van der Waals surface area (Å²) in [6.45, 7) is 3.25. The molecule has 4 nitrogen and oxygen atoms in total. The quantitative estimate of drug-likeness (QED) is 0.849. The first-order chi connectivity index (χ1) is 9.83. The second kappa shape index (κ2) is 4.66. The first-order valence-electron chi connectivity index (χ1n) is 6.78. The lowest BCUT2D eigenvalue weighted by molar-refractivity contribution is 0.275. The van der Waals surface area contributed by atoms with Crippen molar-refractivity contribution in [2.45, 2.75) is 24.3 Å². The van der Waals surface area contributed by atoms with Crippen LogP contribution >= 0.6 is 11.8 Å². The Bertz CT molecular complexity index is 626. The summed E-state index contributed by atoms with van der Waals surface area (Å²) in [5.41, 5.74) is 1.00. The summed E-state index contributed by atoms with van der Waals surface area (Å²) in [6.07, 6.45) is 3.56. The number of pyridine rings is 1. The molecule has 1 saturated heterocycles. The molecule has 0 spiro atoms. The standard InChI is InChI=1S/C15H15N3OS/c1-10-9-18-14(12-6-4-8-19-12)13(17-15(18)20-10)11-5-2-3-7-16-11/h2-8,10,13-14H,9H2,1H3. The van der Waals surface area contributed by atoms with E-state index in [1.54, 1.807) is 6.26 Å². The molecule has 0 amide bonds. The molecule has 2 aliphatic heterocycles. The molecular formula is C15H15N3OS. The van der Waals surface area contributed by atoms with Gasteiger partial charge in [0.1, 0.15) is 17.8 Å². The van der Waals surface area contributed by atoms with Gasteiger partial charge in [0, 0.05) is 18.0 Å². The highest BCUT2D eigenvalue weighted by atomic mass is 32.2. The molecule has 0 aromatic carbocycles. The molecule has 4 rings (SSSR count). The summed E-state index contributed by atoms with van der Waals surface area (Å²) in [7, 11) is 0. The maximum atomic E-state index is 5.66. The van der Waals surface area contributed by atoms with E-state index >= 15 is 0 Å². The Labute approximate surface area is 121 Å². The van der Waals surface area contributed by atoms with Crippen molar-refractivity contribution in [3.05, 3.63) is 54.2 Å². The van der Waals surface area contributed by atoms with Gasteiger partial charge >= 0.3 is 0 Å². The summed E-state index contributed by atoms with van der Waals surface area (Å²) in [4.78, 5) is 11.7. The zero-order valence-corrected chi connectivity index (χ0v) is 12.0. The van der Waals surface area contributed by atoms with Gasteiger partial charge in [0.25, 0.3) is 0 Å². The Morgan fingerprint density at radius 3 is 3.00 bits per heavy atom. The maximum absolute atomic E-state index is 5.66. The molecule has 0 bridgehead atoms. The van der Waals surface area contributed by atoms with E-state index in [9.17, 15) is 0 Å². The molecule has 1 fully saturated rings. The molecule has 0 radical (unpaired) electrons. The van der Waals surface area contributed by atoms with Gasteiger partial charge in [0.15, 0.2) is 5.17 Å². The molecule has 3 atom stereocenters. The van der Waals surface area contributed by atoms with Gasteiger partial charge in [-0.25, -0.2) is 4.99 Å². The van der Waals surface area contributed by atoms with E-state index < -0.39 is 0 Å². The first kappa shape index (κ1) is 12.0. The molecule has 2 aromatic heterocycles. The SMILES string of the molecule is CC1CN2C(=NC(c3ccccn3)C2c2ccco2)S1. The minimum atomic E-state index is 0.0253. The molecule has 0 aliphatic carbocycles. The summed E-state index contributed by atoms with van der Waals surface area (Å²) >= 11 is 1.84. The van der Waals surface area contributed by atoms with Gasteiger partial charge in [-0.2, -0.15) is 0 Å². The van der Waals surface area contributed by atoms with Crippen molar-refractivity contribution in [3.63, 3.8) is 0 Å². The van der Waals surface area contributed by atoms with Crippen LogP contribution in [0.25, 0.3) is 0 Å². The van der Waals surface area contributed by atoms with Gasteiger partial charge in [-0.15, -0.1) is 0 Å². The Kier molecular flexibility index (Phi) is 2.80. The van der Waals surface area contributed by atoms with Crippen LogP contribution in [0.3, 0.4) is 0 Å². The molecule has 20 heavy (non-hydrogen) atoms. The fourth-order valence-electron chi connectivity index (χ4n) is 2.88. The van der Waals surface area contributed by atoms with E-state index in [2.05, 4.69) is 16.8 Å². The van der Waals surface area contributed by atoms with E-state index in [1.807, 2.05) is 48.3 Å². The largest absolute Gasteiger partial charge is 0.467 e. The number of furan rings is 1. The number of amidine groups is 1. The molecule has 102 valence electrons. The average molecular weight is 285 g/mol. The zero-order chi connectivity index (χ0) is 13.5. The van der Waals surface area contributed by atoms with Crippen molar-refractivity contribution >= 4 is 16.9 Å². The van der Waals surface area contributed by atoms with Gasteiger partial charge in [-0.05, 0) is 24.3 Å². The Morgan fingerprint density at radius 2 is 2.25 bits per heavy atom. The Balaban J connectivity index is 1.77. The first-order valence-corrected chi connectivity index (χ1v) is 7.66.